The number of allylic oxidation sites excluding steroid dienone is 1. The number of hydrogen-bond acceptors (Lipinski definition) is 0. The van der Waals surface area contributed by atoms with Crippen LogP contribution in [0.4, 0.5) is 8.78 Å². The summed E-state index contributed by atoms with van der Waals surface area (Å²) in [4.78, 5) is 0. The van der Waals surface area contributed by atoms with Gasteiger partial charge < -0.3 is 0 Å². The smallest absolute Gasteiger partial charge is 0.173 e. The average Bonchev–Trinajstić information content (AvgIpc) is 2.59. The van der Waals surface area contributed by atoms with Crippen LogP contribution in [0.3, 0.4) is 0 Å². The zero-order valence-corrected chi connectivity index (χ0v) is 15.5. The summed E-state index contributed by atoms with van der Waals surface area (Å²) in [6.07, 6.45) is 16.3. The molecule has 3 rings (SSSR count). The molecule has 2 heteroatoms. The highest BCUT2D eigenvalue weighted by Gasteiger charge is 2.28. The molecule has 0 N–H and O–H groups in total. The molecule has 0 saturated heterocycles. The second kappa shape index (κ2) is 11.4. The molecular weight excluding hydrogens is 326 g/mol. The molecule has 0 radical (unpaired) electrons. The zero-order chi connectivity index (χ0) is 16.9. The summed E-state index contributed by atoms with van der Waals surface area (Å²) in [5.74, 6) is 4.57. The van der Waals surface area contributed by atoms with Gasteiger partial charge in [0, 0.05) is 0 Å². The molecule has 0 aliphatic heterocycles. The fourth-order valence-electron chi connectivity index (χ4n) is 5.66. The van der Waals surface area contributed by atoms with E-state index < -0.39 is 6.08 Å². The second-order valence-corrected chi connectivity index (χ2v) is 9.29. The van der Waals surface area contributed by atoms with Gasteiger partial charge in [-0.05, 0) is 73.7 Å². The first-order valence-corrected chi connectivity index (χ1v) is 10.6. The SMILES string of the molecule is C.C.CC1CCC(CC2CCC(CC3CCC(=C(F)F)CC3)CC2)CC1. The van der Waals surface area contributed by atoms with E-state index in [-0.39, 0.29) is 14.9 Å². The largest absolute Gasteiger partial charge is 0.269 e. The van der Waals surface area contributed by atoms with E-state index >= 15 is 0 Å². The van der Waals surface area contributed by atoms with E-state index in [1.54, 1.807) is 0 Å². The van der Waals surface area contributed by atoms with Gasteiger partial charge >= 0.3 is 0 Å². The fraction of sp³-hybridized carbons (Fsp3) is 0.917. The van der Waals surface area contributed by atoms with E-state index in [9.17, 15) is 8.78 Å². The highest BCUT2D eigenvalue weighted by Crippen LogP contribution is 2.42. The van der Waals surface area contributed by atoms with Crippen LogP contribution in [0.5, 0.6) is 0 Å². The first-order valence-electron chi connectivity index (χ1n) is 10.6. The van der Waals surface area contributed by atoms with E-state index in [0.29, 0.717) is 18.4 Å². The Balaban J connectivity index is 0.00000169. The highest BCUT2D eigenvalue weighted by atomic mass is 19.3. The van der Waals surface area contributed by atoms with Crippen LogP contribution in [-0.4, -0.2) is 0 Å². The summed E-state index contributed by atoms with van der Waals surface area (Å²) in [6, 6.07) is 0. The molecule has 0 aromatic carbocycles. The van der Waals surface area contributed by atoms with E-state index in [0.717, 1.165) is 42.4 Å². The lowest BCUT2D eigenvalue weighted by Gasteiger charge is -2.35. The van der Waals surface area contributed by atoms with Gasteiger partial charge in [0.1, 0.15) is 0 Å². The lowest BCUT2D eigenvalue weighted by Crippen LogP contribution is -2.22. The summed E-state index contributed by atoms with van der Waals surface area (Å²) in [6.45, 7) is 2.41. The van der Waals surface area contributed by atoms with Gasteiger partial charge in [-0.2, -0.15) is 8.78 Å². The van der Waals surface area contributed by atoms with Gasteiger partial charge in [-0.1, -0.05) is 73.1 Å². The van der Waals surface area contributed by atoms with Crippen LogP contribution in [0.25, 0.3) is 0 Å². The first-order chi connectivity index (χ1) is 11.6. The first kappa shape index (κ1) is 23.6. The van der Waals surface area contributed by atoms with Crippen molar-refractivity contribution in [2.75, 3.05) is 0 Å². The number of halogens is 2. The third kappa shape index (κ3) is 6.97. The summed E-state index contributed by atoms with van der Waals surface area (Å²) in [7, 11) is 0. The minimum absolute atomic E-state index is 0. The Kier molecular flexibility index (Phi) is 10.4. The summed E-state index contributed by atoms with van der Waals surface area (Å²) in [5, 5.41) is 0. The van der Waals surface area contributed by atoms with Crippen LogP contribution in [-0.2, 0) is 0 Å². The molecule has 3 aliphatic rings. The Bertz CT molecular complexity index is 398. The van der Waals surface area contributed by atoms with E-state index in [1.807, 2.05) is 0 Å². The summed E-state index contributed by atoms with van der Waals surface area (Å²) >= 11 is 0. The highest BCUT2D eigenvalue weighted by molar-refractivity contribution is 5.05. The molecule has 26 heavy (non-hydrogen) atoms. The van der Waals surface area contributed by atoms with Crippen molar-refractivity contribution in [3.8, 4) is 0 Å². The van der Waals surface area contributed by atoms with E-state index in [4.69, 9.17) is 0 Å². The van der Waals surface area contributed by atoms with Crippen LogP contribution in [0.1, 0.15) is 112 Å². The van der Waals surface area contributed by atoms with Crippen molar-refractivity contribution in [3.63, 3.8) is 0 Å². The Morgan fingerprint density at radius 3 is 1.38 bits per heavy atom. The molecule has 0 nitrogen and oxygen atoms in total. The van der Waals surface area contributed by atoms with Gasteiger partial charge in [0.25, 0.3) is 6.08 Å². The van der Waals surface area contributed by atoms with Gasteiger partial charge in [0.15, 0.2) is 0 Å². The van der Waals surface area contributed by atoms with Crippen LogP contribution in [0.15, 0.2) is 11.7 Å². The maximum atomic E-state index is 12.6. The lowest BCUT2D eigenvalue weighted by molar-refractivity contribution is 0.177. The molecule has 0 unspecified atom stereocenters. The summed E-state index contributed by atoms with van der Waals surface area (Å²) < 4.78 is 25.3. The molecule has 3 fully saturated rings. The van der Waals surface area contributed by atoms with Crippen molar-refractivity contribution in [1.29, 1.82) is 0 Å². The van der Waals surface area contributed by atoms with Crippen molar-refractivity contribution >= 4 is 0 Å². The fourth-order valence-corrected chi connectivity index (χ4v) is 5.66. The minimum atomic E-state index is -1.40. The third-order valence-corrected chi connectivity index (χ3v) is 7.41. The van der Waals surface area contributed by atoms with Crippen molar-refractivity contribution in [1.82, 2.24) is 0 Å². The van der Waals surface area contributed by atoms with Crippen molar-refractivity contribution in [3.05, 3.63) is 11.7 Å². The van der Waals surface area contributed by atoms with Crippen LogP contribution < -0.4 is 0 Å². The molecule has 0 aromatic heterocycles. The van der Waals surface area contributed by atoms with E-state index in [1.165, 1.54) is 64.2 Å². The molecule has 0 amide bonds. The molecule has 0 atom stereocenters. The molecule has 0 heterocycles. The van der Waals surface area contributed by atoms with Crippen LogP contribution >= 0.6 is 0 Å². The third-order valence-electron chi connectivity index (χ3n) is 7.41. The monoisotopic (exact) mass is 370 g/mol. The Morgan fingerprint density at radius 1 is 0.654 bits per heavy atom. The summed E-state index contributed by atoms with van der Waals surface area (Å²) in [5.41, 5.74) is 0.441. The Labute approximate surface area is 162 Å². The van der Waals surface area contributed by atoms with Crippen molar-refractivity contribution in [2.24, 2.45) is 29.6 Å². The number of hydrogen-bond donors (Lipinski definition) is 0. The lowest BCUT2D eigenvalue weighted by atomic mass is 9.71. The number of rotatable bonds is 4. The van der Waals surface area contributed by atoms with Gasteiger partial charge in [-0.3, -0.25) is 0 Å². The maximum Gasteiger partial charge on any atom is 0.269 e. The molecule has 154 valence electrons. The predicted octanol–water partition coefficient (Wildman–Crippen LogP) is 9.01. The van der Waals surface area contributed by atoms with Crippen LogP contribution in [0, 0.1) is 29.6 Å². The topological polar surface area (TPSA) is 0 Å². The van der Waals surface area contributed by atoms with Gasteiger partial charge in [-0.25, -0.2) is 0 Å². The molecule has 3 aliphatic carbocycles. The van der Waals surface area contributed by atoms with E-state index in [2.05, 4.69) is 6.92 Å². The zero-order valence-electron chi connectivity index (χ0n) is 15.5. The minimum Gasteiger partial charge on any atom is -0.173 e. The standard InChI is InChI=1S/C22H36F2.2CH4/c1-16-2-4-17(5-3-16)14-18-6-8-19(9-7-18)15-20-10-12-21(13-11-20)22(23)24;;/h16-20H,2-15H2,1H3;2*1H4. The Morgan fingerprint density at radius 2 is 1.00 bits per heavy atom. The molecule has 0 aromatic rings. The average molecular weight is 371 g/mol. The van der Waals surface area contributed by atoms with Gasteiger partial charge in [0.2, 0.25) is 0 Å². The Hall–Kier alpha value is -0.400. The maximum absolute atomic E-state index is 12.6. The van der Waals surface area contributed by atoms with Gasteiger partial charge in [-0.15, -0.1) is 0 Å². The van der Waals surface area contributed by atoms with Crippen molar-refractivity contribution in [2.45, 2.75) is 112 Å². The second-order valence-electron chi connectivity index (χ2n) is 9.29. The molecule has 3 saturated carbocycles. The van der Waals surface area contributed by atoms with Gasteiger partial charge in [0.05, 0.1) is 0 Å². The molecule has 0 spiro atoms. The quantitative estimate of drug-likeness (QED) is 0.463. The molecular formula is C24H44F2. The normalized spacial score (nSPS) is 35.2. The van der Waals surface area contributed by atoms with Crippen molar-refractivity contribution < 1.29 is 8.78 Å². The van der Waals surface area contributed by atoms with Crippen LogP contribution in [0.2, 0.25) is 0 Å². The molecule has 0 bridgehead atoms. The predicted molar refractivity (Wildman–Crippen MR) is 110 cm³/mol.